The molecular formula is C20H25N3O3. The number of likely N-dealkylation sites (N-methyl/N-ethyl adjacent to an activating group) is 1. The second-order valence-corrected chi connectivity index (χ2v) is 8.44. The quantitative estimate of drug-likeness (QED) is 0.842. The minimum atomic E-state index is -0.0819. The molecule has 6 rings (SSSR count). The molecule has 2 saturated heterocycles. The number of benzene rings is 1. The average molecular weight is 355 g/mol. The molecule has 2 aliphatic carbocycles. The Morgan fingerprint density at radius 1 is 1.12 bits per heavy atom. The topological polar surface area (TPSA) is 61.9 Å². The third-order valence-corrected chi connectivity index (χ3v) is 6.66. The molecule has 1 N–H and O–H groups in total. The Morgan fingerprint density at radius 2 is 1.85 bits per heavy atom. The zero-order chi connectivity index (χ0) is 17.8. The van der Waals surface area contributed by atoms with Gasteiger partial charge in [0.2, 0.25) is 0 Å². The van der Waals surface area contributed by atoms with Crippen molar-refractivity contribution in [1.82, 2.24) is 4.90 Å². The summed E-state index contributed by atoms with van der Waals surface area (Å²) in [5.41, 5.74) is 1.41. The molecule has 3 amide bonds. The van der Waals surface area contributed by atoms with E-state index >= 15 is 0 Å². The number of amides is 3. The van der Waals surface area contributed by atoms with Gasteiger partial charge in [-0.05, 0) is 68.1 Å². The van der Waals surface area contributed by atoms with E-state index in [4.69, 9.17) is 4.74 Å². The fourth-order valence-electron chi connectivity index (χ4n) is 5.58. The van der Waals surface area contributed by atoms with Gasteiger partial charge in [0.15, 0.2) is 6.61 Å². The fraction of sp³-hybridized carbons (Fsp3) is 0.600. The van der Waals surface area contributed by atoms with E-state index in [2.05, 4.69) is 10.2 Å². The molecule has 5 aliphatic rings. The lowest BCUT2D eigenvalue weighted by atomic mass is 9.68. The fourth-order valence-corrected chi connectivity index (χ4v) is 5.58. The van der Waals surface area contributed by atoms with Crippen molar-refractivity contribution in [1.29, 1.82) is 0 Å². The third kappa shape index (κ3) is 2.63. The van der Waals surface area contributed by atoms with Crippen molar-refractivity contribution in [3.05, 3.63) is 18.2 Å². The van der Waals surface area contributed by atoms with Gasteiger partial charge in [-0.3, -0.25) is 4.79 Å². The van der Waals surface area contributed by atoms with Crippen LogP contribution in [0.25, 0.3) is 0 Å². The minimum Gasteiger partial charge on any atom is -0.482 e. The van der Waals surface area contributed by atoms with Gasteiger partial charge in [-0.1, -0.05) is 0 Å². The van der Waals surface area contributed by atoms with Crippen LogP contribution in [0.2, 0.25) is 0 Å². The van der Waals surface area contributed by atoms with Crippen LogP contribution in [-0.2, 0) is 4.79 Å². The molecule has 0 radical (unpaired) electrons. The van der Waals surface area contributed by atoms with E-state index in [-0.39, 0.29) is 18.5 Å². The molecule has 3 aliphatic heterocycles. The normalized spacial score (nSPS) is 32.1. The number of ether oxygens (including phenoxy) is 1. The molecule has 2 atom stereocenters. The monoisotopic (exact) mass is 355 g/mol. The number of hydrogen-bond acceptors (Lipinski definition) is 3. The molecule has 0 spiro atoms. The standard InChI is InChI=1S/C20H25N3O3/c1-22-17-9-15(2-3-18(17)26-11-19(22)24)21-20(25)23-10-14-5-12-4-13(6-14)8-16(23)7-12/h2-3,9,12-14,16H,4-8,10-11H2,1H3,(H,21,25). The summed E-state index contributed by atoms with van der Waals surface area (Å²) in [6.45, 7) is 0.949. The summed E-state index contributed by atoms with van der Waals surface area (Å²) in [5, 5.41) is 3.06. The summed E-state index contributed by atoms with van der Waals surface area (Å²) in [5.74, 6) is 2.89. The SMILES string of the molecule is CN1C(=O)COc2ccc(NC(=O)N3CC4CC5CC(C4)CC3C5)cc21. The molecular weight excluding hydrogens is 330 g/mol. The van der Waals surface area contributed by atoms with Crippen LogP contribution in [0.3, 0.4) is 0 Å². The van der Waals surface area contributed by atoms with Gasteiger partial charge in [-0.2, -0.15) is 0 Å². The summed E-state index contributed by atoms with van der Waals surface area (Å²) >= 11 is 0. The van der Waals surface area contributed by atoms with Crippen molar-refractivity contribution in [3.63, 3.8) is 0 Å². The van der Waals surface area contributed by atoms with Crippen molar-refractivity contribution in [2.75, 3.05) is 30.4 Å². The first kappa shape index (κ1) is 16.0. The number of nitrogens with zero attached hydrogens (tertiary/aromatic N) is 2. The van der Waals surface area contributed by atoms with Crippen LogP contribution in [0.5, 0.6) is 5.75 Å². The summed E-state index contributed by atoms with van der Waals surface area (Å²) in [6.07, 6.45) is 6.28. The average Bonchev–Trinajstić information content (AvgIpc) is 2.82. The molecule has 2 saturated carbocycles. The highest BCUT2D eigenvalue weighted by molar-refractivity contribution is 5.99. The molecule has 138 valence electrons. The Labute approximate surface area is 153 Å². The zero-order valence-electron chi connectivity index (χ0n) is 15.1. The number of carbonyl (C=O) groups excluding carboxylic acids is 2. The molecule has 3 heterocycles. The van der Waals surface area contributed by atoms with E-state index in [9.17, 15) is 9.59 Å². The number of hydrogen-bond donors (Lipinski definition) is 1. The Balaban J connectivity index is 1.35. The number of anilines is 2. The van der Waals surface area contributed by atoms with Gasteiger partial charge in [-0.25, -0.2) is 4.79 Å². The predicted octanol–water partition coefficient (Wildman–Crippen LogP) is 3.08. The summed E-state index contributed by atoms with van der Waals surface area (Å²) in [6, 6.07) is 5.88. The van der Waals surface area contributed by atoms with E-state index in [1.165, 1.54) is 19.3 Å². The third-order valence-electron chi connectivity index (χ3n) is 6.66. The molecule has 2 unspecified atom stereocenters. The van der Waals surface area contributed by atoms with Gasteiger partial charge in [0.25, 0.3) is 5.91 Å². The molecule has 1 aromatic carbocycles. The molecule has 4 bridgehead atoms. The Morgan fingerprint density at radius 3 is 2.62 bits per heavy atom. The molecule has 1 aromatic rings. The molecule has 6 nitrogen and oxygen atoms in total. The van der Waals surface area contributed by atoms with Crippen LogP contribution in [0.1, 0.15) is 32.1 Å². The van der Waals surface area contributed by atoms with Gasteiger partial charge in [0, 0.05) is 25.3 Å². The maximum atomic E-state index is 13.0. The molecule has 6 heteroatoms. The number of urea groups is 1. The lowest BCUT2D eigenvalue weighted by Gasteiger charge is -2.38. The highest BCUT2D eigenvalue weighted by Gasteiger charge is 2.44. The number of fused-ring (bicyclic) bond motifs is 2. The second-order valence-electron chi connectivity index (χ2n) is 8.44. The van der Waals surface area contributed by atoms with Crippen LogP contribution >= 0.6 is 0 Å². The molecule has 26 heavy (non-hydrogen) atoms. The van der Waals surface area contributed by atoms with Crippen molar-refractivity contribution in [2.45, 2.75) is 38.1 Å². The molecule has 0 aromatic heterocycles. The van der Waals surface area contributed by atoms with Crippen LogP contribution in [0, 0.1) is 17.8 Å². The first-order valence-corrected chi connectivity index (χ1v) is 9.68. The summed E-state index contributed by atoms with van der Waals surface area (Å²) in [7, 11) is 1.74. The highest BCUT2D eigenvalue weighted by Crippen LogP contribution is 2.47. The van der Waals surface area contributed by atoms with Crippen LogP contribution in [0.15, 0.2) is 18.2 Å². The maximum absolute atomic E-state index is 13.0. The second kappa shape index (κ2) is 5.89. The first-order chi connectivity index (χ1) is 12.6. The lowest BCUT2D eigenvalue weighted by molar-refractivity contribution is -0.120. The van der Waals surface area contributed by atoms with Gasteiger partial charge in [0.1, 0.15) is 5.75 Å². The van der Waals surface area contributed by atoms with Crippen molar-refractivity contribution in [2.24, 2.45) is 17.8 Å². The number of rotatable bonds is 1. The minimum absolute atomic E-state index is 0.00569. The zero-order valence-corrected chi connectivity index (χ0v) is 15.1. The summed E-state index contributed by atoms with van der Waals surface area (Å²) in [4.78, 5) is 28.5. The van der Waals surface area contributed by atoms with Gasteiger partial charge in [-0.15, -0.1) is 0 Å². The number of nitrogens with one attached hydrogen (secondary N) is 1. The predicted molar refractivity (Wildman–Crippen MR) is 98.4 cm³/mol. The lowest BCUT2D eigenvalue weighted by Crippen LogP contribution is -2.44. The Bertz CT molecular complexity index is 751. The van der Waals surface area contributed by atoms with E-state index < -0.39 is 0 Å². The first-order valence-electron chi connectivity index (χ1n) is 9.68. The maximum Gasteiger partial charge on any atom is 0.322 e. The number of carbonyl (C=O) groups is 2. The summed E-state index contributed by atoms with van der Waals surface area (Å²) < 4.78 is 5.46. The van der Waals surface area contributed by atoms with Crippen LogP contribution in [-0.4, -0.2) is 43.1 Å². The van der Waals surface area contributed by atoms with Crippen molar-refractivity contribution >= 4 is 23.3 Å². The Hall–Kier alpha value is -2.24. The van der Waals surface area contributed by atoms with Gasteiger partial charge >= 0.3 is 6.03 Å². The van der Waals surface area contributed by atoms with E-state index in [0.717, 1.165) is 31.2 Å². The largest absolute Gasteiger partial charge is 0.482 e. The van der Waals surface area contributed by atoms with E-state index in [1.807, 2.05) is 18.2 Å². The van der Waals surface area contributed by atoms with Crippen molar-refractivity contribution < 1.29 is 14.3 Å². The van der Waals surface area contributed by atoms with Gasteiger partial charge < -0.3 is 19.9 Å². The van der Waals surface area contributed by atoms with Crippen molar-refractivity contribution in [3.8, 4) is 5.75 Å². The molecule has 4 fully saturated rings. The van der Waals surface area contributed by atoms with Gasteiger partial charge in [0.05, 0.1) is 5.69 Å². The van der Waals surface area contributed by atoms with E-state index in [0.29, 0.717) is 29.1 Å². The Kier molecular flexibility index (Phi) is 3.62. The highest BCUT2D eigenvalue weighted by atomic mass is 16.5. The smallest absolute Gasteiger partial charge is 0.322 e. The van der Waals surface area contributed by atoms with Crippen LogP contribution in [0.4, 0.5) is 16.2 Å². The van der Waals surface area contributed by atoms with Crippen LogP contribution < -0.4 is 15.0 Å². The van der Waals surface area contributed by atoms with E-state index in [1.54, 1.807) is 11.9 Å².